The molecule has 0 radical (unpaired) electrons. The predicted octanol–water partition coefficient (Wildman–Crippen LogP) is 2.80. The van der Waals surface area contributed by atoms with Gasteiger partial charge in [-0.25, -0.2) is 0 Å². The average Bonchev–Trinajstić information content (AvgIpc) is 2.68. The van der Waals surface area contributed by atoms with Crippen LogP contribution < -0.4 is 4.74 Å². The smallest absolute Gasteiger partial charge is 0.406 e. The molecule has 0 aliphatic carbocycles. The van der Waals surface area contributed by atoms with E-state index < -0.39 is 6.36 Å². The maximum atomic E-state index is 12.1. The van der Waals surface area contributed by atoms with Crippen LogP contribution in [0.15, 0.2) is 30.5 Å². The summed E-state index contributed by atoms with van der Waals surface area (Å²) < 4.78 is 41.6. The minimum absolute atomic E-state index is 0.298. The fourth-order valence-electron chi connectivity index (χ4n) is 1.66. The molecule has 2 rings (SSSR count). The van der Waals surface area contributed by atoms with Crippen LogP contribution in [0.5, 0.6) is 5.75 Å². The van der Waals surface area contributed by atoms with Crippen LogP contribution in [0.4, 0.5) is 13.2 Å². The first-order valence-corrected chi connectivity index (χ1v) is 5.24. The van der Waals surface area contributed by atoms with Gasteiger partial charge in [-0.3, -0.25) is 9.48 Å². The first kappa shape index (κ1) is 13.1. The zero-order chi connectivity index (χ0) is 14.0. The standard InChI is InChI=1S/C12H9F3N2O2/c1-17-6-9(7-18)11(16-17)8-3-2-4-10(5-8)19-12(13,14)15/h2-7H,1H3. The molecule has 0 amide bonds. The third-order valence-corrected chi connectivity index (χ3v) is 2.33. The van der Waals surface area contributed by atoms with Crippen LogP contribution in [-0.2, 0) is 7.05 Å². The van der Waals surface area contributed by atoms with Crippen LogP contribution in [0.1, 0.15) is 10.4 Å². The van der Waals surface area contributed by atoms with Crippen LogP contribution in [0.25, 0.3) is 11.3 Å². The SMILES string of the molecule is Cn1cc(C=O)c(-c2cccc(OC(F)(F)F)c2)n1. The van der Waals surface area contributed by atoms with E-state index in [1.165, 1.54) is 29.1 Å². The summed E-state index contributed by atoms with van der Waals surface area (Å²) in [5.74, 6) is -0.354. The van der Waals surface area contributed by atoms with E-state index in [0.717, 1.165) is 0 Å². The van der Waals surface area contributed by atoms with Gasteiger partial charge in [0.15, 0.2) is 6.29 Å². The van der Waals surface area contributed by atoms with Crippen molar-refractivity contribution in [2.75, 3.05) is 0 Å². The number of aryl methyl sites for hydroxylation is 1. The molecule has 4 nitrogen and oxygen atoms in total. The molecule has 1 aromatic carbocycles. The number of carbonyl (C=O) groups is 1. The summed E-state index contributed by atoms with van der Waals surface area (Å²) in [4.78, 5) is 10.9. The Balaban J connectivity index is 2.40. The van der Waals surface area contributed by atoms with Gasteiger partial charge >= 0.3 is 6.36 Å². The molecule has 0 N–H and O–H groups in total. The monoisotopic (exact) mass is 270 g/mol. The molecule has 2 aromatic rings. The van der Waals surface area contributed by atoms with E-state index in [-0.39, 0.29) is 5.75 Å². The van der Waals surface area contributed by atoms with Crippen LogP contribution in [-0.4, -0.2) is 22.4 Å². The third kappa shape index (κ3) is 3.12. The number of aldehydes is 1. The minimum Gasteiger partial charge on any atom is -0.406 e. The lowest BCUT2D eigenvalue weighted by atomic mass is 10.1. The number of hydrogen-bond acceptors (Lipinski definition) is 3. The highest BCUT2D eigenvalue weighted by atomic mass is 19.4. The van der Waals surface area contributed by atoms with Crippen molar-refractivity contribution < 1.29 is 22.7 Å². The lowest BCUT2D eigenvalue weighted by molar-refractivity contribution is -0.274. The molecule has 0 fully saturated rings. The Morgan fingerprint density at radius 1 is 1.37 bits per heavy atom. The Labute approximate surface area is 106 Å². The molecule has 0 atom stereocenters. The lowest BCUT2D eigenvalue weighted by Crippen LogP contribution is -2.17. The first-order chi connectivity index (χ1) is 8.89. The summed E-state index contributed by atoms with van der Waals surface area (Å²) in [5.41, 5.74) is 0.987. The zero-order valence-corrected chi connectivity index (χ0v) is 9.81. The number of benzene rings is 1. The van der Waals surface area contributed by atoms with Crippen molar-refractivity contribution in [2.24, 2.45) is 7.05 Å². The Kier molecular flexibility index (Phi) is 3.28. The summed E-state index contributed by atoms with van der Waals surface area (Å²) in [6.45, 7) is 0. The number of alkyl halides is 3. The van der Waals surface area contributed by atoms with Crippen molar-refractivity contribution in [3.8, 4) is 17.0 Å². The molecule has 19 heavy (non-hydrogen) atoms. The highest BCUT2D eigenvalue weighted by Gasteiger charge is 2.31. The van der Waals surface area contributed by atoms with Gasteiger partial charge in [0.2, 0.25) is 0 Å². The number of carbonyl (C=O) groups excluding carboxylic acids is 1. The number of rotatable bonds is 3. The van der Waals surface area contributed by atoms with Gasteiger partial charge in [0, 0.05) is 18.8 Å². The number of aromatic nitrogens is 2. The predicted molar refractivity (Wildman–Crippen MR) is 60.7 cm³/mol. The Hall–Kier alpha value is -2.31. The summed E-state index contributed by atoms with van der Waals surface area (Å²) in [7, 11) is 1.62. The third-order valence-electron chi connectivity index (χ3n) is 2.33. The highest BCUT2D eigenvalue weighted by molar-refractivity contribution is 5.85. The molecule has 0 bridgehead atoms. The normalized spacial score (nSPS) is 11.4. The second-order valence-electron chi connectivity index (χ2n) is 3.80. The maximum absolute atomic E-state index is 12.1. The second kappa shape index (κ2) is 4.75. The quantitative estimate of drug-likeness (QED) is 0.805. The molecule has 0 aliphatic rings. The topological polar surface area (TPSA) is 44.1 Å². The first-order valence-electron chi connectivity index (χ1n) is 5.24. The molecule has 100 valence electrons. The zero-order valence-electron chi connectivity index (χ0n) is 9.81. The number of halogens is 3. The van der Waals surface area contributed by atoms with E-state index >= 15 is 0 Å². The molecular weight excluding hydrogens is 261 g/mol. The Bertz CT molecular complexity index is 605. The summed E-state index contributed by atoms with van der Waals surface area (Å²) in [5, 5.41) is 4.04. The largest absolute Gasteiger partial charge is 0.573 e. The van der Waals surface area contributed by atoms with Gasteiger partial charge in [-0.15, -0.1) is 13.2 Å². The van der Waals surface area contributed by atoms with Crippen LogP contribution in [0.3, 0.4) is 0 Å². The van der Waals surface area contributed by atoms with Gasteiger partial charge in [-0.1, -0.05) is 12.1 Å². The summed E-state index contributed by atoms with van der Waals surface area (Å²) in [6.07, 6.45) is -2.67. The molecule has 0 saturated heterocycles. The fraction of sp³-hybridized carbons (Fsp3) is 0.167. The molecule has 0 aliphatic heterocycles. The molecule has 0 unspecified atom stereocenters. The fourth-order valence-corrected chi connectivity index (χ4v) is 1.66. The maximum Gasteiger partial charge on any atom is 0.573 e. The van der Waals surface area contributed by atoms with E-state index in [2.05, 4.69) is 9.84 Å². The van der Waals surface area contributed by atoms with E-state index in [9.17, 15) is 18.0 Å². The van der Waals surface area contributed by atoms with E-state index in [4.69, 9.17) is 0 Å². The highest BCUT2D eigenvalue weighted by Crippen LogP contribution is 2.28. The van der Waals surface area contributed by atoms with Crippen molar-refractivity contribution in [3.63, 3.8) is 0 Å². The number of ether oxygens (including phenoxy) is 1. The molecular formula is C12H9F3N2O2. The van der Waals surface area contributed by atoms with Gasteiger partial charge < -0.3 is 4.74 Å². The van der Waals surface area contributed by atoms with E-state index in [0.29, 0.717) is 23.1 Å². The molecule has 1 aromatic heterocycles. The van der Waals surface area contributed by atoms with Crippen molar-refractivity contribution in [2.45, 2.75) is 6.36 Å². The summed E-state index contributed by atoms with van der Waals surface area (Å²) >= 11 is 0. The molecule has 1 heterocycles. The van der Waals surface area contributed by atoms with Gasteiger partial charge in [-0.05, 0) is 12.1 Å². The van der Waals surface area contributed by atoms with Crippen molar-refractivity contribution >= 4 is 6.29 Å². The average molecular weight is 270 g/mol. The van der Waals surface area contributed by atoms with Crippen LogP contribution in [0.2, 0.25) is 0 Å². The van der Waals surface area contributed by atoms with E-state index in [1.807, 2.05) is 0 Å². The van der Waals surface area contributed by atoms with Crippen molar-refractivity contribution in [3.05, 3.63) is 36.0 Å². The van der Waals surface area contributed by atoms with Crippen molar-refractivity contribution in [1.29, 1.82) is 0 Å². The van der Waals surface area contributed by atoms with Gasteiger partial charge in [0.05, 0.1) is 5.56 Å². The van der Waals surface area contributed by atoms with Crippen LogP contribution in [0, 0.1) is 0 Å². The molecule has 0 spiro atoms. The Morgan fingerprint density at radius 3 is 2.74 bits per heavy atom. The van der Waals surface area contributed by atoms with Gasteiger partial charge in [0.25, 0.3) is 0 Å². The Morgan fingerprint density at radius 2 is 2.11 bits per heavy atom. The van der Waals surface area contributed by atoms with Crippen molar-refractivity contribution in [1.82, 2.24) is 9.78 Å². The number of nitrogens with zero attached hydrogens (tertiary/aromatic N) is 2. The molecule has 0 saturated carbocycles. The second-order valence-corrected chi connectivity index (χ2v) is 3.80. The molecule has 7 heteroatoms. The van der Waals surface area contributed by atoms with Gasteiger partial charge in [0.1, 0.15) is 11.4 Å². The summed E-state index contributed by atoms with van der Waals surface area (Å²) in [6, 6.07) is 5.32. The minimum atomic E-state index is -4.75. The number of hydrogen-bond donors (Lipinski definition) is 0. The van der Waals surface area contributed by atoms with Crippen LogP contribution >= 0.6 is 0 Å². The van der Waals surface area contributed by atoms with E-state index in [1.54, 1.807) is 13.1 Å². The van der Waals surface area contributed by atoms with Gasteiger partial charge in [-0.2, -0.15) is 5.10 Å². The lowest BCUT2D eigenvalue weighted by Gasteiger charge is -2.09.